The van der Waals surface area contributed by atoms with Crippen LogP contribution in [-0.4, -0.2) is 23.2 Å². The molecule has 0 unspecified atom stereocenters. The molecule has 0 aromatic carbocycles. The monoisotopic (exact) mass is 191 g/mol. The number of rotatable bonds is 2. The third kappa shape index (κ3) is 1.13. The number of hydrogen-bond donors (Lipinski definition) is 1. The predicted octanol–water partition coefficient (Wildman–Crippen LogP) is 1.02. The molecule has 3 heterocycles. The minimum Gasteiger partial charge on any atom is -0.472 e. The van der Waals surface area contributed by atoms with Crippen molar-refractivity contribution in [2.24, 2.45) is 0 Å². The molecule has 2 aromatic rings. The van der Waals surface area contributed by atoms with E-state index in [-0.39, 0.29) is 0 Å². The van der Waals surface area contributed by atoms with E-state index in [0.29, 0.717) is 17.6 Å². The Labute approximate surface area is 80.1 Å². The Morgan fingerprint density at radius 3 is 3.00 bits per heavy atom. The van der Waals surface area contributed by atoms with Crippen molar-refractivity contribution in [3.8, 4) is 11.4 Å². The Morgan fingerprint density at radius 1 is 1.43 bits per heavy atom. The van der Waals surface area contributed by atoms with Gasteiger partial charge in [0.05, 0.1) is 17.7 Å². The SMILES string of the molecule is c1cc(-c2noc(C3CNC3)n2)co1. The van der Waals surface area contributed by atoms with Gasteiger partial charge in [-0.3, -0.25) is 0 Å². The topological polar surface area (TPSA) is 64.1 Å². The van der Waals surface area contributed by atoms with E-state index in [1.54, 1.807) is 12.5 Å². The van der Waals surface area contributed by atoms with Crippen LogP contribution in [0.4, 0.5) is 0 Å². The predicted molar refractivity (Wildman–Crippen MR) is 47.6 cm³/mol. The van der Waals surface area contributed by atoms with Gasteiger partial charge in [-0.25, -0.2) is 0 Å². The molecule has 0 atom stereocenters. The van der Waals surface area contributed by atoms with Crippen molar-refractivity contribution in [2.45, 2.75) is 5.92 Å². The third-order valence-electron chi connectivity index (χ3n) is 2.35. The summed E-state index contributed by atoms with van der Waals surface area (Å²) in [6.45, 7) is 1.85. The van der Waals surface area contributed by atoms with Gasteiger partial charge in [-0.1, -0.05) is 5.16 Å². The first-order chi connectivity index (χ1) is 6.93. The Balaban J connectivity index is 1.90. The molecule has 0 saturated carbocycles. The zero-order valence-electron chi connectivity index (χ0n) is 7.43. The molecule has 0 aliphatic carbocycles. The molecule has 0 bridgehead atoms. The van der Waals surface area contributed by atoms with E-state index >= 15 is 0 Å². The van der Waals surface area contributed by atoms with Crippen molar-refractivity contribution in [1.29, 1.82) is 0 Å². The Bertz CT molecular complexity index is 417. The molecule has 5 heteroatoms. The minimum absolute atomic E-state index is 0.378. The number of nitrogens with zero attached hydrogens (tertiary/aromatic N) is 2. The summed E-state index contributed by atoms with van der Waals surface area (Å²) in [6, 6.07) is 1.81. The number of furan rings is 1. The first-order valence-electron chi connectivity index (χ1n) is 4.50. The molecular formula is C9H9N3O2. The molecule has 14 heavy (non-hydrogen) atoms. The van der Waals surface area contributed by atoms with Crippen LogP contribution in [0.25, 0.3) is 11.4 Å². The molecular weight excluding hydrogens is 182 g/mol. The van der Waals surface area contributed by atoms with Gasteiger partial charge < -0.3 is 14.3 Å². The summed E-state index contributed by atoms with van der Waals surface area (Å²) in [5, 5.41) is 7.05. The van der Waals surface area contributed by atoms with E-state index in [0.717, 1.165) is 18.7 Å². The molecule has 5 nitrogen and oxygen atoms in total. The molecule has 1 saturated heterocycles. The van der Waals surface area contributed by atoms with Gasteiger partial charge in [-0.2, -0.15) is 4.98 Å². The van der Waals surface area contributed by atoms with Crippen LogP contribution in [0.5, 0.6) is 0 Å². The minimum atomic E-state index is 0.378. The van der Waals surface area contributed by atoms with Crippen molar-refractivity contribution >= 4 is 0 Å². The van der Waals surface area contributed by atoms with Crippen LogP contribution in [0.2, 0.25) is 0 Å². The summed E-state index contributed by atoms with van der Waals surface area (Å²) in [5.41, 5.74) is 0.854. The maximum Gasteiger partial charge on any atom is 0.232 e. The van der Waals surface area contributed by atoms with Crippen LogP contribution in [0.3, 0.4) is 0 Å². The highest BCUT2D eigenvalue weighted by atomic mass is 16.5. The van der Waals surface area contributed by atoms with Crippen molar-refractivity contribution in [3.05, 3.63) is 24.5 Å². The Morgan fingerprint density at radius 2 is 2.36 bits per heavy atom. The molecule has 0 radical (unpaired) electrons. The first kappa shape index (κ1) is 7.75. The van der Waals surface area contributed by atoms with E-state index in [9.17, 15) is 0 Å². The smallest absolute Gasteiger partial charge is 0.232 e. The lowest BCUT2D eigenvalue weighted by atomic mass is 10.0. The highest BCUT2D eigenvalue weighted by Crippen LogP contribution is 2.21. The van der Waals surface area contributed by atoms with Crippen molar-refractivity contribution in [3.63, 3.8) is 0 Å². The van der Waals surface area contributed by atoms with Crippen molar-refractivity contribution in [2.75, 3.05) is 13.1 Å². The quantitative estimate of drug-likeness (QED) is 0.767. The normalized spacial score (nSPS) is 16.9. The third-order valence-corrected chi connectivity index (χ3v) is 2.35. The van der Waals surface area contributed by atoms with Gasteiger partial charge in [0.15, 0.2) is 0 Å². The molecule has 2 aromatic heterocycles. The average Bonchev–Trinajstić information content (AvgIpc) is 2.65. The number of aromatic nitrogens is 2. The summed E-state index contributed by atoms with van der Waals surface area (Å²) >= 11 is 0. The van der Waals surface area contributed by atoms with E-state index in [4.69, 9.17) is 8.94 Å². The second kappa shape index (κ2) is 2.95. The summed E-state index contributed by atoms with van der Waals surface area (Å²) < 4.78 is 10.1. The van der Waals surface area contributed by atoms with Crippen LogP contribution < -0.4 is 5.32 Å². The lowest BCUT2D eigenvalue weighted by Gasteiger charge is -2.22. The Hall–Kier alpha value is -1.62. The van der Waals surface area contributed by atoms with E-state index < -0.39 is 0 Å². The molecule has 0 spiro atoms. The van der Waals surface area contributed by atoms with Gasteiger partial charge in [0, 0.05) is 13.1 Å². The van der Waals surface area contributed by atoms with Crippen LogP contribution >= 0.6 is 0 Å². The second-order valence-electron chi connectivity index (χ2n) is 3.32. The second-order valence-corrected chi connectivity index (χ2v) is 3.32. The van der Waals surface area contributed by atoms with Crippen LogP contribution in [-0.2, 0) is 0 Å². The van der Waals surface area contributed by atoms with Gasteiger partial charge >= 0.3 is 0 Å². The zero-order chi connectivity index (χ0) is 9.38. The van der Waals surface area contributed by atoms with E-state index in [2.05, 4.69) is 15.5 Å². The maximum atomic E-state index is 5.15. The molecule has 72 valence electrons. The largest absolute Gasteiger partial charge is 0.472 e. The van der Waals surface area contributed by atoms with Crippen molar-refractivity contribution < 1.29 is 8.94 Å². The number of hydrogen-bond acceptors (Lipinski definition) is 5. The average molecular weight is 191 g/mol. The van der Waals surface area contributed by atoms with E-state index in [1.807, 2.05) is 6.07 Å². The van der Waals surface area contributed by atoms with Crippen LogP contribution in [0, 0.1) is 0 Å². The molecule has 1 aliphatic heterocycles. The lowest BCUT2D eigenvalue weighted by molar-refractivity contribution is 0.308. The van der Waals surface area contributed by atoms with Gasteiger partial charge in [0.2, 0.25) is 11.7 Å². The van der Waals surface area contributed by atoms with Gasteiger partial charge in [0.1, 0.15) is 6.26 Å². The maximum absolute atomic E-state index is 5.15. The molecule has 3 rings (SSSR count). The molecule has 0 amide bonds. The summed E-state index contributed by atoms with van der Waals surface area (Å²) in [5.74, 6) is 1.68. The fourth-order valence-corrected chi connectivity index (χ4v) is 1.37. The highest BCUT2D eigenvalue weighted by Gasteiger charge is 2.25. The van der Waals surface area contributed by atoms with Gasteiger partial charge in [-0.15, -0.1) is 0 Å². The fraction of sp³-hybridized carbons (Fsp3) is 0.333. The van der Waals surface area contributed by atoms with E-state index in [1.165, 1.54) is 0 Å². The van der Waals surface area contributed by atoms with Crippen LogP contribution in [0.1, 0.15) is 11.8 Å². The molecule has 1 N–H and O–H groups in total. The first-order valence-corrected chi connectivity index (χ1v) is 4.50. The number of nitrogens with one attached hydrogen (secondary N) is 1. The summed E-state index contributed by atoms with van der Waals surface area (Å²) in [7, 11) is 0. The zero-order valence-corrected chi connectivity index (χ0v) is 7.43. The van der Waals surface area contributed by atoms with Crippen LogP contribution in [0.15, 0.2) is 27.5 Å². The van der Waals surface area contributed by atoms with Gasteiger partial charge in [-0.05, 0) is 6.07 Å². The molecule has 1 aliphatic rings. The standard InChI is InChI=1S/C9H9N3O2/c1-2-13-5-6(1)8-11-9(14-12-8)7-3-10-4-7/h1-2,5,7,10H,3-4H2. The summed E-state index contributed by atoms with van der Waals surface area (Å²) in [4.78, 5) is 4.30. The lowest BCUT2D eigenvalue weighted by Crippen LogP contribution is -2.40. The van der Waals surface area contributed by atoms with Crippen molar-refractivity contribution in [1.82, 2.24) is 15.5 Å². The highest BCUT2D eigenvalue weighted by molar-refractivity contribution is 5.51. The van der Waals surface area contributed by atoms with Gasteiger partial charge in [0.25, 0.3) is 0 Å². The molecule has 1 fully saturated rings. The Kier molecular flexibility index (Phi) is 1.63. The fourth-order valence-electron chi connectivity index (χ4n) is 1.37. The summed E-state index contributed by atoms with van der Waals surface area (Å²) in [6.07, 6.45) is 3.20.